The van der Waals surface area contributed by atoms with Crippen LogP contribution in [-0.2, 0) is 0 Å². The molecule has 0 aliphatic heterocycles. The second kappa shape index (κ2) is 5.81. The van der Waals surface area contributed by atoms with E-state index >= 15 is 0 Å². The summed E-state index contributed by atoms with van der Waals surface area (Å²) in [7, 11) is 0. The fourth-order valence-electron chi connectivity index (χ4n) is 1.46. The van der Waals surface area contributed by atoms with Crippen molar-refractivity contribution in [3.8, 4) is 17.4 Å². The van der Waals surface area contributed by atoms with Gasteiger partial charge in [0.2, 0.25) is 0 Å². The van der Waals surface area contributed by atoms with Crippen LogP contribution >= 0.6 is 0 Å². The summed E-state index contributed by atoms with van der Waals surface area (Å²) in [5, 5.41) is 9.06. The average molecular weight is 260 g/mol. The van der Waals surface area contributed by atoms with Gasteiger partial charge in [0.15, 0.2) is 11.5 Å². The smallest absolute Gasteiger partial charge is 0.339 e. The number of hydrogen-bond donors (Lipinski definition) is 1. The first kappa shape index (κ1) is 12.8. The van der Waals surface area contributed by atoms with Crippen LogP contribution < -0.4 is 9.47 Å². The van der Waals surface area contributed by atoms with E-state index in [1.54, 1.807) is 12.1 Å². The molecule has 0 aliphatic carbocycles. The van der Waals surface area contributed by atoms with Crippen molar-refractivity contribution in [1.29, 1.82) is 0 Å². The lowest BCUT2D eigenvalue weighted by molar-refractivity contribution is 0.0693. The summed E-state index contributed by atoms with van der Waals surface area (Å²) >= 11 is 0. The maximum Gasteiger partial charge on any atom is 0.339 e. The van der Waals surface area contributed by atoms with Crippen molar-refractivity contribution in [3.63, 3.8) is 0 Å². The van der Waals surface area contributed by atoms with Crippen LogP contribution in [0.5, 0.6) is 17.4 Å². The van der Waals surface area contributed by atoms with Crippen LogP contribution in [0.25, 0.3) is 0 Å². The van der Waals surface area contributed by atoms with E-state index in [9.17, 15) is 4.79 Å². The minimum atomic E-state index is -1.09. The zero-order chi connectivity index (χ0) is 13.7. The number of nitrogens with zero attached hydrogens (tertiary/aromatic N) is 2. The molecule has 0 atom stereocenters. The SMILES string of the molecule is CCOc1cccnc1Oc1cnccc1C(=O)O. The molecular formula is C13H12N2O4. The largest absolute Gasteiger partial charge is 0.488 e. The molecule has 6 heteroatoms. The number of pyridine rings is 2. The molecule has 6 nitrogen and oxygen atoms in total. The molecule has 19 heavy (non-hydrogen) atoms. The molecule has 2 aromatic heterocycles. The number of hydrogen-bond acceptors (Lipinski definition) is 5. The van der Waals surface area contributed by atoms with E-state index in [2.05, 4.69) is 9.97 Å². The Morgan fingerprint density at radius 1 is 1.32 bits per heavy atom. The van der Waals surface area contributed by atoms with E-state index in [0.717, 1.165) is 0 Å². The summed E-state index contributed by atoms with van der Waals surface area (Å²) in [6.45, 7) is 2.30. The topological polar surface area (TPSA) is 81.5 Å². The first-order chi connectivity index (χ1) is 9.22. The molecule has 0 aromatic carbocycles. The number of ether oxygens (including phenoxy) is 2. The summed E-state index contributed by atoms with van der Waals surface area (Å²) in [6, 6.07) is 4.77. The molecule has 0 amide bonds. The fraction of sp³-hybridized carbons (Fsp3) is 0.154. The molecule has 0 bridgehead atoms. The van der Waals surface area contributed by atoms with E-state index in [0.29, 0.717) is 12.4 Å². The number of carbonyl (C=O) groups is 1. The van der Waals surface area contributed by atoms with Crippen molar-refractivity contribution in [1.82, 2.24) is 9.97 Å². The maximum atomic E-state index is 11.1. The Bertz CT molecular complexity index is 586. The van der Waals surface area contributed by atoms with E-state index < -0.39 is 5.97 Å². The van der Waals surface area contributed by atoms with Gasteiger partial charge in [-0.25, -0.2) is 9.78 Å². The van der Waals surface area contributed by atoms with Crippen LogP contribution in [0.15, 0.2) is 36.8 Å². The summed E-state index contributed by atoms with van der Waals surface area (Å²) in [4.78, 5) is 18.9. The van der Waals surface area contributed by atoms with Crippen LogP contribution in [0.4, 0.5) is 0 Å². The summed E-state index contributed by atoms with van der Waals surface area (Å²) < 4.78 is 10.8. The predicted octanol–water partition coefficient (Wildman–Crippen LogP) is 2.37. The standard InChI is InChI=1S/C13H12N2O4/c1-2-18-10-4-3-6-15-12(10)19-11-8-14-7-5-9(11)13(16)17/h3-8H,2H2,1H3,(H,16,17). The highest BCUT2D eigenvalue weighted by molar-refractivity contribution is 5.90. The van der Waals surface area contributed by atoms with Gasteiger partial charge in [0.05, 0.1) is 12.8 Å². The summed E-state index contributed by atoms with van der Waals surface area (Å²) in [6.07, 6.45) is 4.25. The number of aromatic nitrogens is 2. The zero-order valence-electron chi connectivity index (χ0n) is 10.2. The minimum absolute atomic E-state index is 0.0168. The third-order valence-electron chi connectivity index (χ3n) is 2.26. The number of rotatable bonds is 5. The maximum absolute atomic E-state index is 11.1. The van der Waals surface area contributed by atoms with Gasteiger partial charge in [-0.2, -0.15) is 0 Å². The molecule has 2 rings (SSSR count). The molecule has 0 aliphatic rings. The molecule has 0 saturated heterocycles. The van der Waals surface area contributed by atoms with Crippen molar-refractivity contribution < 1.29 is 19.4 Å². The van der Waals surface area contributed by atoms with Gasteiger partial charge < -0.3 is 14.6 Å². The van der Waals surface area contributed by atoms with Gasteiger partial charge in [-0.05, 0) is 25.1 Å². The fourth-order valence-corrected chi connectivity index (χ4v) is 1.46. The molecule has 0 fully saturated rings. The lowest BCUT2D eigenvalue weighted by Gasteiger charge is -2.10. The average Bonchev–Trinajstić information content (AvgIpc) is 2.42. The first-order valence-corrected chi connectivity index (χ1v) is 5.65. The predicted molar refractivity (Wildman–Crippen MR) is 66.7 cm³/mol. The van der Waals surface area contributed by atoms with Crippen molar-refractivity contribution in [2.24, 2.45) is 0 Å². The van der Waals surface area contributed by atoms with Gasteiger partial charge in [-0.1, -0.05) is 0 Å². The van der Waals surface area contributed by atoms with Gasteiger partial charge in [0.1, 0.15) is 5.56 Å². The van der Waals surface area contributed by atoms with Crippen LogP contribution in [0.2, 0.25) is 0 Å². The van der Waals surface area contributed by atoms with Crippen LogP contribution in [0.1, 0.15) is 17.3 Å². The third kappa shape index (κ3) is 2.98. The molecule has 2 heterocycles. The molecule has 98 valence electrons. The number of carboxylic acid groups (broad SMARTS) is 1. The Morgan fingerprint density at radius 2 is 2.16 bits per heavy atom. The molecule has 0 unspecified atom stereocenters. The van der Waals surface area contributed by atoms with E-state index in [1.807, 2.05) is 6.92 Å². The lowest BCUT2D eigenvalue weighted by atomic mass is 10.2. The van der Waals surface area contributed by atoms with Gasteiger partial charge in [0, 0.05) is 12.4 Å². The minimum Gasteiger partial charge on any atom is -0.488 e. The molecular weight excluding hydrogens is 248 g/mol. The second-order valence-electron chi connectivity index (χ2n) is 3.52. The second-order valence-corrected chi connectivity index (χ2v) is 3.52. The van der Waals surface area contributed by atoms with Crippen molar-refractivity contribution in [2.75, 3.05) is 6.61 Å². The van der Waals surface area contributed by atoms with Crippen molar-refractivity contribution in [3.05, 3.63) is 42.4 Å². The molecule has 0 spiro atoms. The van der Waals surface area contributed by atoms with Crippen LogP contribution in [0.3, 0.4) is 0 Å². The Hall–Kier alpha value is -2.63. The quantitative estimate of drug-likeness (QED) is 0.888. The van der Waals surface area contributed by atoms with Crippen LogP contribution in [0, 0.1) is 0 Å². The highest BCUT2D eigenvalue weighted by Crippen LogP contribution is 2.30. The number of aromatic carboxylic acids is 1. The lowest BCUT2D eigenvalue weighted by Crippen LogP contribution is -2.02. The van der Waals surface area contributed by atoms with Gasteiger partial charge in [-0.3, -0.25) is 4.98 Å². The van der Waals surface area contributed by atoms with Gasteiger partial charge >= 0.3 is 5.97 Å². The van der Waals surface area contributed by atoms with Crippen LogP contribution in [-0.4, -0.2) is 27.7 Å². The Balaban J connectivity index is 2.34. The Morgan fingerprint density at radius 3 is 2.89 bits per heavy atom. The zero-order valence-corrected chi connectivity index (χ0v) is 10.2. The molecule has 0 radical (unpaired) electrons. The monoisotopic (exact) mass is 260 g/mol. The molecule has 0 saturated carbocycles. The van der Waals surface area contributed by atoms with Gasteiger partial charge in [0.25, 0.3) is 5.88 Å². The Labute approximate surface area is 109 Å². The first-order valence-electron chi connectivity index (χ1n) is 5.65. The number of carboxylic acids is 1. The summed E-state index contributed by atoms with van der Waals surface area (Å²) in [5.41, 5.74) is 0.0168. The van der Waals surface area contributed by atoms with Gasteiger partial charge in [-0.15, -0.1) is 0 Å². The van der Waals surface area contributed by atoms with Crippen molar-refractivity contribution in [2.45, 2.75) is 6.92 Å². The van der Waals surface area contributed by atoms with Crippen molar-refractivity contribution >= 4 is 5.97 Å². The summed E-state index contributed by atoms with van der Waals surface area (Å²) in [5.74, 6) is -0.314. The normalized spacial score (nSPS) is 9.95. The highest BCUT2D eigenvalue weighted by Gasteiger charge is 2.14. The molecule has 2 aromatic rings. The van der Waals surface area contributed by atoms with E-state index in [-0.39, 0.29) is 17.2 Å². The Kier molecular flexibility index (Phi) is 3.92. The van der Waals surface area contributed by atoms with E-state index in [4.69, 9.17) is 14.6 Å². The van der Waals surface area contributed by atoms with E-state index in [1.165, 1.54) is 24.7 Å². The highest BCUT2D eigenvalue weighted by atomic mass is 16.5. The molecule has 1 N–H and O–H groups in total. The third-order valence-corrected chi connectivity index (χ3v) is 2.26.